The van der Waals surface area contributed by atoms with E-state index in [1.54, 1.807) is 36.3 Å². The van der Waals surface area contributed by atoms with Gasteiger partial charge in [-0.3, -0.25) is 14.8 Å². The molecule has 0 saturated carbocycles. The van der Waals surface area contributed by atoms with Crippen LogP contribution in [0.3, 0.4) is 0 Å². The number of aromatic nitrogens is 2. The number of benzene rings is 1. The van der Waals surface area contributed by atoms with Crippen molar-refractivity contribution in [3.8, 4) is 11.5 Å². The highest BCUT2D eigenvalue weighted by molar-refractivity contribution is 5.48. The highest BCUT2D eigenvalue weighted by Gasteiger charge is 2.15. The first-order valence-corrected chi connectivity index (χ1v) is 5.53. The molecule has 0 spiro atoms. The van der Waals surface area contributed by atoms with Crippen LogP contribution in [0.1, 0.15) is 5.56 Å². The van der Waals surface area contributed by atoms with Gasteiger partial charge in [-0.25, -0.2) is 0 Å². The predicted octanol–water partition coefficient (Wildman–Crippen LogP) is 1.92. The summed E-state index contributed by atoms with van der Waals surface area (Å²) in [5, 5.41) is 14.8. The Labute approximate surface area is 109 Å². The lowest BCUT2D eigenvalue weighted by atomic mass is 10.2. The average Bonchev–Trinajstić information content (AvgIpc) is 2.81. The SMILES string of the molecule is COc1ccc(COc2cnn(C)c2)cc1[N+](=O)[O-]. The van der Waals surface area contributed by atoms with Crippen LogP contribution in [0.5, 0.6) is 11.5 Å². The number of aryl methyl sites for hydroxylation is 1. The molecule has 7 heteroatoms. The largest absolute Gasteiger partial charge is 0.490 e. The van der Waals surface area contributed by atoms with E-state index >= 15 is 0 Å². The summed E-state index contributed by atoms with van der Waals surface area (Å²) in [5.41, 5.74) is 0.617. The fourth-order valence-corrected chi connectivity index (χ4v) is 1.61. The summed E-state index contributed by atoms with van der Waals surface area (Å²) in [5.74, 6) is 0.844. The zero-order valence-corrected chi connectivity index (χ0v) is 10.6. The third-order valence-electron chi connectivity index (χ3n) is 2.53. The Morgan fingerprint density at radius 1 is 1.47 bits per heavy atom. The average molecular weight is 263 g/mol. The standard InChI is InChI=1S/C12H13N3O4/c1-14-7-10(6-13-14)19-8-9-3-4-12(18-2)11(5-9)15(16)17/h3-7H,8H2,1-2H3. The van der Waals surface area contributed by atoms with Crippen LogP contribution in [0.4, 0.5) is 5.69 Å². The Morgan fingerprint density at radius 2 is 2.26 bits per heavy atom. The molecule has 0 amide bonds. The van der Waals surface area contributed by atoms with Crippen molar-refractivity contribution < 1.29 is 14.4 Å². The Bertz CT molecular complexity index is 594. The predicted molar refractivity (Wildman–Crippen MR) is 67.2 cm³/mol. The topological polar surface area (TPSA) is 79.4 Å². The molecule has 19 heavy (non-hydrogen) atoms. The van der Waals surface area contributed by atoms with Gasteiger partial charge in [0.2, 0.25) is 0 Å². The lowest BCUT2D eigenvalue weighted by molar-refractivity contribution is -0.385. The van der Waals surface area contributed by atoms with Gasteiger partial charge in [-0.15, -0.1) is 0 Å². The number of rotatable bonds is 5. The number of ether oxygens (including phenoxy) is 2. The van der Waals surface area contributed by atoms with Gasteiger partial charge in [0.1, 0.15) is 6.61 Å². The lowest BCUT2D eigenvalue weighted by Gasteiger charge is -2.06. The molecule has 0 radical (unpaired) electrons. The molecule has 1 heterocycles. The molecule has 0 bridgehead atoms. The van der Waals surface area contributed by atoms with E-state index in [9.17, 15) is 10.1 Å². The van der Waals surface area contributed by atoms with Gasteiger partial charge in [0.25, 0.3) is 0 Å². The number of methoxy groups -OCH3 is 1. The number of hydrogen-bond donors (Lipinski definition) is 0. The summed E-state index contributed by atoms with van der Waals surface area (Å²) >= 11 is 0. The Balaban J connectivity index is 2.12. The molecule has 7 nitrogen and oxygen atoms in total. The second-order valence-corrected chi connectivity index (χ2v) is 3.90. The van der Waals surface area contributed by atoms with Crippen molar-refractivity contribution in [3.63, 3.8) is 0 Å². The van der Waals surface area contributed by atoms with Crippen LogP contribution in [-0.2, 0) is 13.7 Å². The minimum Gasteiger partial charge on any atom is -0.490 e. The maximum Gasteiger partial charge on any atom is 0.311 e. The summed E-state index contributed by atoms with van der Waals surface area (Å²) in [7, 11) is 3.18. The normalized spacial score (nSPS) is 10.2. The van der Waals surface area contributed by atoms with E-state index in [4.69, 9.17) is 9.47 Å². The zero-order valence-electron chi connectivity index (χ0n) is 10.6. The van der Waals surface area contributed by atoms with E-state index in [1.165, 1.54) is 13.2 Å². The van der Waals surface area contributed by atoms with E-state index in [1.807, 2.05) is 0 Å². The summed E-state index contributed by atoms with van der Waals surface area (Å²) in [6.07, 6.45) is 3.30. The summed E-state index contributed by atoms with van der Waals surface area (Å²) < 4.78 is 12.0. The third-order valence-corrected chi connectivity index (χ3v) is 2.53. The van der Waals surface area contributed by atoms with Gasteiger partial charge in [-0.05, 0) is 11.6 Å². The first kappa shape index (κ1) is 12.9. The van der Waals surface area contributed by atoms with Gasteiger partial charge in [0, 0.05) is 13.1 Å². The van der Waals surface area contributed by atoms with Gasteiger partial charge in [-0.2, -0.15) is 5.10 Å². The van der Waals surface area contributed by atoms with Crippen molar-refractivity contribution in [1.82, 2.24) is 9.78 Å². The fraction of sp³-hybridized carbons (Fsp3) is 0.250. The number of nitrogens with zero attached hydrogens (tertiary/aromatic N) is 3. The van der Waals surface area contributed by atoms with Gasteiger partial charge in [0.05, 0.1) is 24.4 Å². The van der Waals surface area contributed by atoms with Crippen LogP contribution in [-0.4, -0.2) is 21.8 Å². The maximum absolute atomic E-state index is 10.9. The van der Waals surface area contributed by atoms with Crippen molar-refractivity contribution in [1.29, 1.82) is 0 Å². The van der Waals surface area contributed by atoms with Gasteiger partial charge in [-0.1, -0.05) is 6.07 Å². The molecular weight excluding hydrogens is 250 g/mol. The van der Waals surface area contributed by atoms with Crippen molar-refractivity contribution in [2.45, 2.75) is 6.61 Å². The van der Waals surface area contributed by atoms with Crippen LogP contribution >= 0.6 is 0 Å². The minimum absolute atomic E-state index is 0.0743. The molecule has 0 aliphatic carbocycles. The molecular formula is C12H13N3O4. The van der Waals surface area contributed by atoms with E-state index in [-0.39, 0.29) is 18.0 Å². The second kappa shape index (κ2) is 5.38. The van der Waals surface area contributed by atoms with Crippen molar-refractivity contribution in [3.05, 3.63) is 46.3 Å². The van der Waals surface area contributed by atoms with Gasteiger partial charge in [0.15, 0.2) is 11.5 Å². The summed E-state index contributed by atoms with van der Waals surface area (Å²) in [6, 6.07) is 4.72. The van der Waals surface area contributed by atoms with E-state index in [0.717, 1.165) is 0 Å². The minimum atomic E-state index is -0.480. The first-order valence-electron chi connectivity index (χ1n) is 5.53. The molecule has 2 aromatic rings. The number of nitro benzene ring substituents is 1. The summed E-state index contributed by atoms with van der Waals surface area (Å²) in [6.45, 7) is 0.233. The highest BCUT2D eigenvalue weighted by Crippen LogP contribution is 2.27. The smallest absolute Gasteiger partial charge is 0.311 e. The molecule has 0 saturated heterocycles. The molecule has 0 aliphatic rings. The molecule has 0 fully saturated rings. The van der Waals surface area contributed by atoms with E-state index < -0.39 is 4.92 Å². The van der Waals surface area contributed by atoms with Gasteiger partial charge >= 0.3 is 5.69 Å². The fourth-order valence-electron chi connectivity index (χ4n) is 1.61. The quantitative estimate of drug-likeness (QED) is 0.608. The highest BCUT2D eigenvalue weighted by atomic mass is 16.6. The first-order chi connectivity index (χ1) is 9.10. The maximum atomic E-state index is 10.9. The van der Waals surface area contributed by atoms with Crippen molar-refractivity contribution in [2.24, 2.45) is 7.05 Å². The van der Waals surface area contributed by atoms with Crippen molar-refractivity contribution >= 4 is 5.69 Å². The Kier molecular flexibility index (Phi) is 3.65. The molecule has 0 unspecified atom stereocenters. The van der Waals surface area contributed by atoms with Crippen molar-refractivity contribution in [2.75, 3.05) is 7.11 Å². The molecule has 2 rings (SSSR count). The van der Waals surface area contributed by atoms with Crippen LogP contribution < -0.4 is 9.47 Å². The van der Waals surface area contributed by atoms with Gasteiger partial charge < -0.3 is 9.47 Å². The number of nitro groups is 1. The molecule has 0 atom stereocenters. The third kappa shape index (κ3) is 3.01. The molecule has 100 valence electrons. The van der Waals surface area contributed by atoms with E-state index in [0.29, 0.717) is 11.3 Å². The Morgan fingerprint density at radius 3 is 2.84 bits per heavy atom. The Hall–Kier alpha value is -2.57. The second-order valence-electron chi connectivity index (χ2n) is 3.90. The van der Waals surface area contributed by atoms with Crippen LogP contribution in [0.25, 0.3) is 0 Å². The lowest BCUT2D eigenvalue weighted by Crippen LogP contribution is -1.98. The molecule has 1 aromatic heterocycles. The zero-order chi connectivity index (χ0) is 13.8. The molecule has 0 N–H and O–H groups in total. The molecule has 0 aliphatic heterocycles. The monoisotopic (exact) mass is 263 g/mol. The van der Waals surface area contributed by atoms with Crippen LogP contribution in [0.2, 0.25) is 0 Å². The number of hydrogen-bond acceptors (Lipinski definition) is 5. The van der Waals surface area contributed by atoms with Crippen LogP contribution in [0, 0.1) is 10.1 Å². The molecule has 1 aromatic carbocycles. The summed E-state index contributed by atoms with van der Waals surface area (Å²) in [4.78, 5) is 10.4. The van der Waals surface area contributed by atoms with E-state index in [2.05, 4.69) is 5.10 Å². The van der Waals surface area contributed by atoms with Crippen LogP contribution in [0.15, 0.2) is 30.6 Å².